The fourth-order valence-corrected chi connectivity index (χ4v) is 4.04. The number of hydrogen-bond acceptors (Lipinski definition) is 5. The zero-order chi connectivity index (χ0) is 21.7. The van der Waals surface area contributed by atoms with Crippen LogP contribution < -0.4 is 16.0 Å². The number of nitrogens with one attached hydrogen (secondary N) is 3. The SMILES string of the molecule is CCNC(=NCc1cccc(NC(=O)CCN2CCOCC2)c1)NCCc1cccs1.I. The highest BCUT2D eigenvalue weighted by Gasteiger charge is 2.12. The number of halogens is 1. The number of carbonyl (C=O) groups is 1. The van der Waals surface area contributed by atoms with Crippen molar-refractivity contribution in [1.82, 2.24) is 15.5 Å². The van der Waals surface area contributed by atoms with Crippen molar-refractivity contribution in [1.29, 1.82) is 0 Å². The first-order valence-electron chi connectivity index (χ1n) is 11.0. The molecule has 9 heteroatoms. The molecule has 0 spiro atoms. The lowest BCUT2D eigenvalue weighted by atomic mass is 10.2. The van der Waals surface area contributed by atoms with Crippen LogP contribution in [0.5, 0.6) is 0 Å². The number of nitrogens with zero attached hydrogens (tertiary/aromatic N) is 2. The Kier molecular flexibility index (Phi) is 12.6. The predicted octanol–water partition coefficient (Wildman–Crippen LogP) is 3.32. The van der Waals surface area contributed by atoms with E-state index in [9.17, 15) is 4.79 Å². The van der Waals surface area contributed by atoms with Crippen molar-refractivity contribution in [2.45, 2.75) is 26.3 Å². The van der Waals surface area contributed by atoms with Crippen molar-refractivity contribution in [2.75, 3.05) is 51.3 Å². The van der Waals surface area contributed by atoms with Crippen LogP contribution in [0.1, 0.15) is 23.8 Å². The molecule has 2 aromatic rings. The number of guanidine groups is 1. The highest BCUT2D eigenvalue weighted by atomic mass is 127. The molecule has 1 aromatic heterocycles. The first-order valence-corrected chi connectivity index (χ1v) is 11.8. The van der Waals surface area contributed by atoms with Crippen LogP contribution in [0.2, 0.25) is 0 Å². The van der Waals surface area contributed by atoms with Gasteiger partial charge in [0.15, 0.2) is 5.96 Å². The summed E-state index contributed by atoms with van der Waals surface area (Å²) >= 11 is 1.77. The summed E-state index contributed by atoms with van der Waals surface area (Å²) in [5.74, 6) is 0.842. The molecule has 2 heterocycles. The Hall–Kier alpha value is -1.69. The van der Waals surface area contributed by atoms with E-state index >= 15 is 0 Å². The van der Waals surface area contributed by atoms with Gasteiger partial charge in [0.25, 0.3) is 0 Å². The standard InChI is InChI=1S/C23H33N5O2S.HI/c1-2-24-23(25-10-8-21-7-4-16-31-21)26-18-19-5-3-6-20(17-19)27-22(29)9-11-28-12-14-30-15-13-28;/h3-7,16-17H,2,8-15,18H2,1H3,(H,27,29)(H2,24,25,26);1H. The van der Waals surface area contributed by atoms with Crippen LogP contribution in [0.15, 0.2) is 46.8 Å². The average molecular weight is 572 g/mol. The summed E-state index contributed by atoms with van der Waals surface area (Å²) < 4.78 is 5.35. The number of morpholine rings is 1. The lowest BCUT2D eigenvalue weighted by Crippen LogP contribution is -2.38. The smallest absolute Gasteiger partial charge is 0.225 e. The van der Waals surface area contributed by atoms with Gasteiger partial charge in [-0.05, 0) is 42.5 Å². The third-order valence-corrected chi connectivity index (χ3v) is 5.91. The first kappa shape index (κ1) is 26.6. The van der Waals surface area contributed by atoms with Crippen LogP contribution in [0.3, 0.4) is 0 Å². The third kappa shape index (κ3) is 9.85. The zero-order valence-corrected chi connectivity index (χ0v) is 21.8. The fourth-order valence-electron chi connectivity index (χ4n) is 3.33. The van der Waals surface area contributed by atoms with Crippen LogP contribution >= 0.6 is 35.3 Å². The predicted molar refractivity (Wildman–Crippen MR) is 143 cm³/mol. The topological polar surface area (TPSA) is 78.0 Å². The maximum atomic E-state index is 12.3. The quantitative estimate of drug-likeness (QED) is 0.232. The molecule has 0 unspecified atom stereocenters. The Morgan fingerprint density at radius 1 is 1.19 bits per heavy atom. The second-order valence-electron chi connectivity index (χ2n) is 7.40. The molecule has 0 bridgehead atoms. The molecule has 1 aromatic carbocycles. The first-order chi connectivity index (χ1) is 15.2. The van der Waals surface area contributed by atoms with E-state index in [1.54, 1.807) is 11.3 Å². The van der Waals surface area contributed by atoms with Gasteiger partial charge in [0.2, 0.25) is 5.91 Å². The number of benzene rings is 1. The maximum absolute atomic E-state index is 12.3. The van der Waals surface area contributed by atoms with Gasteiger partial charge < -0.3 is 20.7 Å². The molecule has 0 atom stereocenters. The molecular formula is C23H34IN5O2S. The number of ether oxygens (including phenoxy) is 1. The molecule has 3 rings (SSSR count). The summed E-state index contributed by atoms with van der Waals surface area (Å²) in [7, 11) is 0. The normalized spacial score (nSPS) is 14.5. The molecule has 7 nitrogen and oxygen atoms in total. The van der Waals surface area contributed by atoms with E-state index in [-0.39, 0.29) is 29.9 Å². The van der Waals surface area contributed by atoms with E-state index < -0.39 is 0 Å². The second kappa shape index (κ2) is 15.2. The van der Waals surface area contributed by atoms with Gasteiger partial charge in [0.1, 0.15) is 0 Å². The van der Waals surface area contributed by atoms with Crippen molar-refractivity contribution in [3.05, 3.63) is 52.2 Å². The number of carbonyl (C=O) groups excluding carboxylic acids is 1. The van der Waals surface area contributed by atoms with Crippen molar-refractivity contribution >= 4 is 52.9 Å². The van der Waals surface area contributed by atoms with E-state index in [1.165, 1.54) is 4.88 Å². The molecule has 0 radical (unpaired) electrons. The highest BCUT2D eigenvalue weighted by Crippen LogP contribution is 2.12. The number of thiophene rings is 1. The molecular weight excluding hydrogens is 537 g/mol. The summed E-state index contributed by atoms with van der Waals surface area (Å²) in [5, 5.41) is 11.8. The Morgan fingerprint density at radius 3 is 2.78 bits per heavy atom. The maximum Gasteiger partial charge on any atom is 0.225 e. The van der Waals surface area contributed by atoms with Gasteiger partial charge >= 0.3 is 0 Å². The summed E-state index contributed by atoms with van der Waals surface area (Å²) in [6.07, 6.45) is 1.47. The third-order valence-electron chi connectivity index (χ3n) is 4.98. The van der Waals surface area contributed by atoms with E-state index in [0.29, 0.717) is 13.0 Å². The van der Waals surface area contributed by atoms with Gasteiger partial charge in [0, 0.05) is 49.7 Å². The molecule has 1 aliphatic rings. The van der Waals surface area contributed by atoms with Crippen LogP contribution in [0.25, 0.3) is 0 Å². The molecule has 3 N–H and O–H groups in total. The summed E-state index contributed by atoms with van der Waals surface area (Å²) in [6, 6.07) is 12.1. The van der Waals surface area contributed by atoms with E-state index in [4.69, 9.17) is 4.74 Å². The minimum absolute atomic E-state index is 0. The van der Waals surface area contributed by atoms with Gasteiger partial charge in [-0.1, -0.05) is 18.2 Å². The van der Waals surface area contributed by atoms with Crippen LogP contribution in [-0.2, 0) is 22.5 Å². The molecule has 1 saturated heterocycles. The Bertz CT molecular complexity index is 826. The van der Waals surface area contributed by atoms with E-state index in [2.05, 4.69) is 50.3 Å². The fraction of sp³-hybridized carbons (Fsp3) is 0.478. The number of amides is 1. The van der Waals surface area contributed by atoms with Gasteiger partial charge in [0.05, 0.1) is 19.8 Å². The van der Waals surface area contributed by atoms with E-state index in [1.807, 2.05) is 24.3 Å². The van der Waals surface area contributed by atoms with Crippen molar-refractivity contribution in [3.8, 4) is 0 Å². The van der Waals surface area contributed by atoms with Crippen LogP contribution in [-0.4, -0.2) is 62.7 Å². The highest BCUT2D eigenvalue weighted by molar-refractivity contribution is 14.0. The number of hydrogen-bond donors (Lipinski definition) is 3. The molecule has 0 aliphatic carbocycles. The van der Waals surface area contributed by atoms with Gasteiger partial charge in [-0.15, -0.1) is 35.3 Å². The van der Waals surface area contributed by atoms with Crippen molar-refractivity contribution in [2.24, 2.45) is 4.99 Å². The zero-order valence-electron chi connectivity index (χ0n) is 18.6. The lowest BCUT2D eigenvalue weighted by Gasteiger charge is -2.26. The summed E-state index contributed by atoms with van der Waals surface area (Å²) in [6.45, 7) is 8.32. The monoisotopic (exact) mass is 571 g/mol. The Labute approximate surface area is 212 Å². The lowest BCUT2D eigenvalue weighted by molar-refractivity contribution is -0.116. The van der Waals surface area contributed by atoms with Gasteiger partial charge in [-0.25, -0.2) is 4.99 Å². The molecule has 32 heavy (non-hydrogen) atoms. The molecule has 176 valence electrons. The molecule has 0 saturated carbocycles. The molecule has 1 aliphatic heterocycles. The number of anilines is 1. The van der Waals surface area contributed by atoms with Crippen molar-refractivity contribution < 1.29 is 9.53 Å². The Balaban J connectivity index is 0.00000363. The minimum Gasteiger partial charge on any atom is -0.379 e. The largest absolute Gasteiger partial charge is 0.379 e. The number of rotatable bonds is 10. The second-order valence-corrected chi connectivity index (χ2v) is 8.44. The summed E-state index contributed by atoms with van der Waals surface area (Å²) in [5.41, 5.74) is 1.87. The van der Waals surface area contributed by atoms with E-state index in [0.717, 1.165) is 69.6 Å². The minimum atomic E-state index is 0. The molecule has 1 amide bonds. The average Bonchev–Trinajstić information content (AvgIpc) is 3.31. The molecule has 1 fully saturated rings. The van der Waals surface area contributed by atoms with Crippen molar-refractivity contribution in [3.63, 3.8) is 0 Å². The van der Waals surface area contributed by atoms with Crippen LogP contribution in [0.4, 0.5) is 5.69 Å². The van der Waals surface area contributed by atoms with Gasteiger partial charge in [-0.2, -0.15) is 0 Å². The van der Waals surface area contributed by atoms with Gasteiger partial charge in [-0.3, -0.25) is 9.69 Å². The number of aliphatic imine (C=N–C) groups is 1. The van der Waals surface area contributed by atoms with Crippen LogP contribution in [0, 0.1) is 0 Å². The Morgan fingerprint density at radius 2 is 2.03 bits per heavy atom. The summed E-state index contributed by atoms with van der Waals surface area (Å²) in [4.78, 5) is 20.6.